The largest absolute Gasteiger partial charge is 0.464 e. The lowest BCUT2D eigenvalue weighted by molar-refractivity contribution is -0.155. The zero-order chi connectivity index (χ0) is 48.0. The van der Waals surface area contributed by atoms with Crippen molar-refractivity contribution in [3.8, 4) is 23.2 Å². The highest BCUT2D eigenvalue weighted by Crippen LogP contribution is 2.40. The van der Waals surface area contributed by atoms with Gasteiger partial charge in [0.2, 0.25) is 11.8 Å². The molecular formula is C49H65N9O7S. The predicted molar refractivity (Wildman–Crippen MR) is 256 cm³/mol. The standard InChI is InChI=1S/C49H65N9O7S/c1-12-17-40(59)56-23-21-32(27-56)46(61)55(10)42(29(5)6)45(60)51-37-25-39-52-44(54-66-39)31-19-20-38-34(24-31)35(43(57(38)15-4)33(13-2)41(50-14-3)30(7)64-11)26-49(8,9)28-65-48(63)36-18-16-22-58(53-36)47(37)62/h13-14,19-20,24,29-30,32,36-37,42,53H,2,15-16,18,21-23,25-28H2,1,3-11H3,(H,51,60)/b41-33+,50-14?/t30-,32-,36-,37-,42-/m0/s1. The summed E-state index contributed by atoms with van der Waals surface area (Å²) in [6.45, 7) is 21.2. The van der Waals surface area contributed by atoms with Crippen LogP contribution in [0.4, 0.5) is 0 Å². The number of likely N-dealkylation sites (N-methyl/N-ethyl adjacent to an activating group) is 1. The number of hydrogen-bond donors (Lipinski definition) is 2. The van der Waals surface area contributed by atoms with Gasteiger partial charge >= 0.3 is 5.97 Å². The Morgan fingerprint density at radius 3 is 2.62 bits per heavy atom. The topological polar surface area (TPSA) is 181 Å². The van der Waals surface area contributed by atoms with Crippen LogP contribution in [-0.2, 0) is 52.8 Å². The number of methoxy groups -OCH3 is 1. The summed E-state index contributed by atoms with van der Waals surface area (Å²) in [5.74, 6) is 2.73. The fourth-order valence-corrected chi connectivity index (χ4v) is 10.0. The Morgan fingerprint density at radius 1 is 1.20 bits per heavy atom. The zero-order valence-electron chi connectivity index (χ0n) is 40.0. The van der Waals surface area contributed by atoms with Crippen molar-refractivity contribution >= 4 is 63.8 Å². The summed E-state index contributed by atoms with van der Waals surface area (Å²) in [5, 5.41) is 5.86. The molecule has 5 heterocycles. The van der Waals surface area contributed by atoms with Gasteiger partial charge in [0.05, 0.1) is 30.0 Å². The molecular weight excluding hydrogens is 859 g/mol. The molecule has 354 valence electrons. The normalized spacial score (nSPS) is 21.4. The minimum absolute atomic E-state index is 0.000109. The molecule has 1 aromatic carbocycles. The van der Waals surface area contributed by atoms with E-state index in [9.17, 15) is 24.0 Å². The number of carbonyl (C=O) groups excluding carboxylic acids is 5. The third-order valence-electron chi connectivity index (χ3n) is 12.7. The molecule has 2 saturated heterocycles. The molecule has 4 amide bonds. The molecule has 0 saturated carbocycles. The molecule has 0 unspecified atom stereocenters. The van der Waals surface area contributed by atoms with E-state index in [1.54, 1.807) is 32.2 Å². The van der Waals surface area contributed by atoms with Gasteiger partial charge in [-0.05, 0) is 101 Å². The second kappa shape index (κ2) is 21.3. The molecule has 0 radical (unpaired) electrons. The quantitative estimate of drug-likeness (QED) is 0.112. The van der Waals surface area contributed by atoms with E-state index in [4.69, 9.17) is 23.8 Å². The van der Waals surface area contributed by atoms with Gasteiger partial charge in [-0.1, -0.05) is 46.3 Å². The van der Waals surface area contributed by atoms with E-state index >= 15 is 0 Å². The molecule has 3 aliphatic rings. The SMILES string of the molecule is C=C/C(=C(\N=CC)[C@H](C)OC)c1c2c3cc(ccc3n1CC)-c1nsc(n1)C[C@H](NC(=O)[C@H](C(C)C)N(C)C(=O)[C@H]1CCN(C(=O)C#CC)C1)C(=O)N1CCC[C@H](N1)C(=O)OCC(C)(C)C2. The Morgan fingerprint density at radius 2 is 1.95 bits per heavy atom. The highest BCUT2D eigenvalue weighted by Gasteiger charge is 2.40. The molecule has 17 heteroatoms. The van der Waals surface area contributed by atoms with Crippen LogP contribution in [0, 0.1) is 29.1 Å². The number of nitrogens with zero attached hydrogens (tertiary/aromatic N) is 7. The summed E-state index contributed by atoms with van der Waals surface area (Å²) < 4.78 is 18.9. The third kappa shape index (κ3) is 10.6. The lowest BCUT2D eigenvalue weighted by Crippen LogP contribution is -2.62. The van der Waals surface area contributed by atoms with Crippen LogP contribution in [0.3, 0.4) is 0 Å². The number of hydrogen-bond acceptors (Lipinski definition) is 12. The van der Waals surface area contributed by atoms with Crippen LogP contribution in [0.1, 0.15) is 90.9 Å². The smallest absolute Gasteiger partial charge is 0.324 e. The molecule has 2 fully saturated rings. The molecule has 3 aromatic rings. The molecule has 3 aliphatic heterocycles. The van der Waals surface area contributed by atoms with E-state index in [0.717, 1.165) is 50.5 Å². The number of benzene rings is 1. The number of fused-ring (bicyclic) bond motifs is 6. The number of esters is 1. The first-order chi connectivity index (χ1) is 31.5. The van der Waals surface area contributed by atoms with Crippen LogP contribution in [0.2, 0.25) is 0 Å². The van der Waals surface area contributed by atoms with Crippen molar-refractivity contribution in [2.45, 2.75) is 118 Å². The summed E-state index contributed by atoms with van der Waals surface area (Å²) >= 11 is 1.14. The van der Waals surface area contributed by atoms with Gasteiger partial charge in [0.1, 0.15) is 23.1 Å². The number of cyclic esters (lactones) is 1. The van der Waals surface area contributed by atoms with Gasteiger partial charge in [0.15, 0.2) is 5.82 Å². The Balaban J connectivity index is 1.41. The number of allylic oxidation sites excluding steroid dienone is 2. The lowest BCUT2D eigenvalue weighted by atomic mass is 9.84. The second-order valence-corrected chi connectivity index (χ2v) is 19.2. The fraction of sp³-hybridized carbons (Fsp3) is 0.551. The maximum Gasteiger partial charge on any atom is 0.324 e. The van der Waals surface area contributed by atoms with Crippen molar-refractivity contribution in [3.63, 3.8) is 0 Å². The van der Waals surface area contributed by atoms with E-state index in [2.05, 4.69) is 66.6 Å². The van der Waals surface area contributed by atoms with Gasteiger partial charge in [-0.25, -0.2) is 10.4 Å². The number of amides is 4. The zero-order valence-corrected chi connectivity index (χ0v) is 40.8. The van der Waals surface area contributed by atoms with E-state index in [1.165, 1.54) is 9.91 Å². The molecule has 6 rings (SSSR count). The highest BCUT2D eigenvalue weighted by molar-refractivity contribution is 7.05. The van der Waals surface area contributed by atoms with Crippen molar-refractivity contribution in [2.75, 3.05) is 40.4 Å². The molecule has 6 bridgehead atoms. The van der Waals surface area contributed by atoms with E-state index < -0.39 is 47.2 Å². The van der Waals surface area contributed by atoms with Crippen LogP contribution in [0.15, 0.2) is 41.5 Å². The van der Waals surface area contributed by atoms with E-state index in [-0.39, 0.29) is 50.0 Å². The molecule has 0 spiro atoms. The molecule has 2 aromatic heterocycles. The molecule has 66 heavy (non-hydrogen) atoms. The molecule has 5 atom stereocenters. The van der Waals surface area contributed by atoms with Gasteiger partial charge in [-0.15, -0.1) is 0 Å². The van der Waals surface area contributed by atoms with Gasteiger partial charge in [-0.3, -0.25) is 34.0 Å². The van der Waals surface area contributed by atoms with E-state index in [1.807, 2.05) is 39.8 Å². The Bertz CT molecular complexity index is 2480. The van der Waals surface area contributed by atoms with Crippen LogP contribution >= 0.6 is 11.5 Å². The van der Waals surface area contributed by atoms with Crippen molar-refractivity contribution in [1.82, 2.24) is 39.5 Å². The van der Waals surface area contributed by atoms with E-state index in [0.29, 0.717) is 49.6 Å². The summed E-state index contributed by atoms with van der Waals surface area (Å²) in [6.07, 6.45) is 5.18. The summed E-state index contributed by atoms with van der Waals surface area (Å²) in [6, 6.07) is 3.25. The number of likely N-dealkylation sites (tertiary alicyclic amines) is 1. The Kier molecular flexibility index (Phi) is 16.0. The predicted octanol–water partition coefficient (Wildman–Crippen LogP) is 5.21. The maximum absolute atomic E-state index is 14.6. The maximum atomic E-state index is 14.6. The average molecular weight is 924 g/mol. The number of ether oxygens (including phenoxy) is 2. The number of rotatable bonds is 11. The van der Waals surface area contributed by atoms with Gasteiger partial charge in [0.25, 0.3) is 11.8 Å². The first-order valence-electron chi connectivity index (χ1n) is 22.9. The second-order valence-electron chi connectivity index (χ2n) is 18.4. The third-order valence-corrected chi connectivity index (χ3v) is 13.4. The Labute approximate surface area is 392 Å². The van der Waals surface area contributed by atoms with Gasteiger partial charge in [0, 0.05) is 80.4 Å². The monoisotopic (exact) mass is 923 g/mol. The first-order valence-corrected chi connectivity index (χ1v) is 23.6. The number of nitrogens with one attached hydrogen (secondary N) is 2. The number of aromatic nitrogens is 3. The molecule has 0 aliphatic carbocycles. The van der Waals surface area contributed by atoms with Crippen molar-refractivity contribution in [3.05, 3.63) is 52.8 Å². The Hall–Kier alpha value is -5.70. The highest BCUT2D eigenvalue weighted by atomic mass is 32.1. The van der Waals surface area contributed by atoms with Crippen LogP contribution < -0.4 is 10.7 Å². The summed E-state index contributed by atoms with van der Waals surface area (Å²) in [4.78, 5) is 82.0. The number of aryl methyl sites for hydroxylation is 1. The average Bonchev–Trinajstić information content (AvgIpc) is 4.05. The van der Waals surface area contributed by atoms with Crippen molar-refractivity contribution in [2.24, 2.45) is 22.2 Å². The number of hydrazine groups is 1. The fourth-order valence-electron chi connectivity index (χ4n) is 9.32. The number of carbonyl (C=O) groups is 5. The van der Waals surface area contributed by atoms with Gasteiger partial charge < -0.3 is 29.2 Å². The van der Waals surface area contributed by atoms with Gasteiger partial charge in [-0.2, -0.15) is 4.37 Å². The first kappa shape index (κ1) is 49.7. The molecule has 2 N–H and O–H groups in total. The van der Waals surface area contributed by atoms with Crippen molar-refractivity contribution in [1.29, 1.82) is 0 Å². The van der Waals surface area contributed by atoms with Crippen LogP contribution in [0.5, 0.6) is 0 Å². The van der Waals surface area contributed by atoms with Crippen LogP contribution in [0.25, 0.3) is 27.9 Å². The summed E-state index contributed by atoms with van der Waals surface area (Å²) in [5.41, 5.74) is 7.85. The van der Waals surface area contributed by atoms with Crippen molar-refractivity contribution < 1.29 is 33.4 Å². The minimum atomic E-state index is -1.14. The lowest BCUT2D eigenvalue weighted by Gasteiger charge is -2.36. The minimum Gasteiger partial charge on any atom is -0.464 e. The summed E-state index contributed by atoms with van der Waals surface area (Å²) in [7, 11) is 3.24. The van der Waals surface area contributed by atoms with Crippen LogP contribution in [-0.4, -0.2) is 129 Å². The number of aliphatic imine (C=N–C) groups is 1. The molecule has 16 nitrogen and oxygen atoms in total.